The van der Waals surface area contributed by atoms with E-state index in [4.69, 9.17) is 4.74 Å². The lowest BCUT2D eigenvalue weighted by Crippen LogP contribution is -2.46. The zero-order valence-corrected chi connectivity index (χ0v) is 40.7. The summed E-state index contributed by atoms with van der Waals surface area (Å²) in [6, 6.07) is -0.736. The van der Waals surface area contributed by atoms with Crippen molar-refractivity contribution in [1.29, 1.82) is 0 Å². The van der Waals surface area contributed by atoms with Gasteiger partial charge in [-0.1, -0.05) is 246 Å². The second-order valence-corrected chi connectivity index (χ2v) is 17.0. The molecule has 0 saturated carbocycles. The molecule has 0 radical (unpaired) electrons. The molecule has 0 aliphatic rings. The molecule has 0 spiro atoms. The van der Waals surface area contributed by atoms with Crippen LogP contribution in [-0.2, 0) is 14.3 Å². The van der Waals surface area contributed by atoms with E-state index in [1.54, 1.807) is 0 Å². The SMILES string of the molecule is CC/C=C/C=C/C=C\C=C/C=C/CCCC(CC(=O)NC(CO)C(O)CCCCCCCCCCCCCCC)OC(=O)CCCCCCC/C=C/C=C/C=C/C=C/CCCCC. The molecular weight excluding hydrogens is 779 g/mol. The molecule has 0 aromatic heterocycles. The fourth-order valence-corrected chi connectivity index (χ4v) is 7.17. The number of esters is 1. The normalized spacial score (nSPS) is 14.2. The molecule has 0 aliphatic carbocycles. The quantitative estimate of drug-likeness (QED) is 0.0322. The van der Waals surface area contributed by atoms with Gasteiger partial charge in [0.2, 0.25) is 5.91 Å². The van der Waals surface area contributed by atoms with Crippen LogP contribution < -0.4 is 5.32 Å². The number of hydrogen-bond donors (Lipinski definition) is 3. The predicted octanol–water partition coefficient (Wildman–Crippen LogP) is 15.5. The average molecular weight is 874 g/mol. The zero-order valence-electron chi connectivity index (χ0n) is 40.7. The third-order valence-corrected chi connectivity index (χ3v) is 11.1. The summed E-state index contributed by atoms with van der Waals surface area (Å²) in [5.41, 5.74) is 0. The molecule has 0 saturated heterocycles. The minimum Gasteiger partial charge on any atom is -0.462 e. The number of hydrogen-bond acceptors (Lipinski definition) is 5. The first-order chi connectivity index (χ1) is 31.0. The highest BCUT2D eigenvalue weighted by molar-refractivity contribution is 5.77. The van der Waals surface area contributed by atoms with Crippen molar-refractivity contribution in [2.75, 3.05) is 6.61 Å². The van der Waals surface area contributed by atoms with Crippen molar-refractivity contribution in [3.8, 4) is 0 Å². The Morgan fingerprint density at radius 3 is 1.37 bits per heavy atom. The van der Waals surface area contributed by atoms with Gasteiger partial charge in [-0.3, -0.25) is 9.59 Å². The summed E-state index contributed by atoms with van der Waals surface area (Å²) in [5.74, 6) is -0.582. The largest absolute Gasteiger partial charge is 0.462 e. The molecule has 0 aromatic rings. The van der Waals surface area contributed by atoms with Gasteiger partial charge in [0.1, 0.15) is 6.10 Å². The van der Waals surface area contributed by atoms with E-state index in [9.17, 15) is 19.8 Å². The Kier molecular flexibility index (Phi) is 46.8. The predicted molar refractivity (Wildman–Crippen MR) is 273 cm³/mol. The molecule has 6 heteroatoms. The third-order valence-electron chi connectivity index (χ3n) is 11.1. The van der Waals surface area contributed by atoms with Gasteiger partial charge < -0.3 is 20.3 Å². The van der Waals surface area contributed by atoms with Crippen LogP contribution in [0, 0.1) is 0 Å². The highest BCUT2D eigenvalue weighted by atomic mass is 16.5. The summed E-state index contributed by atoms with van der Waals surface area (Å²) in [6.07, 6.45) is 67.2. The van der Waals surface area contributed by atoms with Crippen LogP contribution >= 0.6 is 0 Å². The highest BCUT2D eigenvalue weighted by Crippen LogP contribution is 2.16. The van der Waals surface area contributed by atoms with E-state index in [0.717, 1.165) is 83.5 Å². The van der Waals surface area contributed by atoms with Gasteiger partial charge in [-0.05, 0) is 64.2 Å². The van der Waals surface area contributed by atoms with Crippen molar-refractivity contribution in [1.82, 2.24) is 5.32 Å². The molecule has 358 valence electrons. The van der Waals surface area contributed by atoms with Crippen molar-refractivity contribution in [3.05, 3.63) is 109 Å². The van der Waals surface area contributed by atoms with E-state index in [-0.39, 0.29) is 24.9 Å². The topological polar surface area (TPSA) is 95.9 Å². The van der Waals surface area contributed by atoms with E-state index >= 15 is 0 Å². The Hall–Kier alpha value is -3.48. The highest BCUT2D eigenvalue weighted by Gasteiger charge is 2.24. The number of carbonyl (C=O) groups excluding carboxylic acids is 2. The number of aliphatic hydroxyl groups is 2. The molecule has 0 fully saturated rings. The zero-order chi connectivity index (χ0) is 45.9. The van der Waals surface area contributed by atoms with Gasteiger partial charge in [-0.15, -0.1) is 0 Å². The molecule has 0 aromatic carbocycles. The van der Waals surface area contributed by atoms with Gasteiger partial charge in [-0.2, -0.15) is 0 Å². The maximum Gasteiger partial charge on any atom is 0.306 e. The van der Waals surface area contributed by atoms with E-state index < -0.39 is 18.2 Å². The van der Waals surface area contributed by atoms with Crippen molar-refractivity contribution in [2.45, 2.75) is 232 Å². The molecule has 6 nitrogen and oxygen atoms in total. The Morgan fingerprint density at radius 1 is 0.476 bits per heavy atom. The number of ether oxygens (including phenoxy) is 1. The lowest BCUT2D eigenvalue weighted by molar-refractivity contribution is -0.151. The van der Waals surface area contributed by atoms with Crippen LogP contribution in [0.4, 0.5) is 0 Å². The Morgan fingerprint density at radius 2 is 0.873 bits per heavy atom. The van der Waals surface area contributed by atoms with E-state index in [0.29, 0.717) is 19.3 Å². The van der Waals surface area contributed by atoms with Crippen molar-refractivity contribution in [3.63, 3.8) is 0 Å². The Bertz CT molecular complexity index is 1300. The Balaban J connectivity index is 4.74. The maximum absolute atomic E-state index is 13.2. The maximum atomic E-state index is 13.2. The van der Waals surface area contributed by atoms with Crippen LogP contribution in [0.5, 0.6) is 0 Å². The number of carbonyl (C=O) groups is 2. The number of nitrogens with one attached hydrogen (secondary N) is 1. The molecular formula is C57H95NO5. The number of allylic oxidation sites excluding steroid dienone is 18. The molecule has 3 unspecified atom stereocenters. The summed E-state index contributed by atoms with van der Waals surface area (Å²) in [7, 11) is 0. The monoisotopic (exact) mass is 874 g/mol. The summed E-state index contributed by atoms with van der Waals surface area (Å²) < 4.78 is 5.88. The van der Waals surface area contributed by atoms with Crippen LogP contribution in [0.2, 0.25) is 0 Å². The van der Waals surface area contributed by atoms with E-state index in [1.807, 2.05) is 48.6 Å². The molecule has 0 heterocycles. The van der Waals surface area contributed by atoms with Gasteiger partial charge in [0, 0.05) is 6.42 Å². The molecule has 0 bridgehead atoms. The summed E-state index contributed by atoms with van der Waals surface area (Å²) in [4.78, 5) is 26.1. The summed E-state index contributed by atoms with van der Waals surface area (Å²) in [6.45, 7) is 6.26. The lowest BCUT2D eigenvalue weighted by Gasteiger charge is -2.24. The average Bonchev–Trinajstić information content (AvgIpc) is 3.28. The minimum atomic E-state index is -0.817. The number of unbranched alkanes of at least 4 members (excludes halogenated alkanes) is 21. The standard InChI is InChI=1S/C57H95NO5/c1-4-7-10-13-16-19-22-25-26-27-28-29-32-35-38-41-44-47-50-57(62)63-53(48-45-42-39-36-33-30-23-20-17-14-11-8-5-2)51-56(61)58-54(52-59)55(60)49-46-43-40-37-34-31-24-21-18-15-12-9-6-3/h8,11,14,16-17,19-20,22-23,25-30,33,36,39,53-55,59-60H,4-7,9-10,12-13,15,18,21,24,31-32,34-35,37-38,40-52H2,1-3H3,(H,58,61)/b11-8+,17-14+,19-16+,23-20-,25-22+,27-26+,29-28+,33-30-,39-36+. The number of rotatable bonds is 44. The van der Waals surface area contributed by atoms with Crippen LogP contribution in [0.1, 0.15) is 213 Å². The van der Waals surface area contributed by atoms with Crippen LogP contribution in [-0.4, -0.2) is 46.9 Å². The van der Waals surface area contributed by atoms with Gasteiger partial charge in [0.15, 0.2) is 0 Å². The first kappa shape index (κ1) is 59.5. The number of amides is 1. The second-order valence-electron chi connectivity index (χ2n) is 17.0. The third kappa shape index (κ3) is 44.9. The lowest BCUT2D eigenvalue weighted by atomic mass is 10.0. The minimum absolute atomic E-state index is 0.0121. The molecule has 63 heavy (non-hydrogen) atoms. The second kappa shape index (κ2) is 49.5. The first-order valence-electron chi connectivity index (χ1n) is 25.7. The van der Waals surface area contributed by atoms with E-state index in [2.05, 4.69) is 86.8 Å². The van der Waals surface area contributed by atoms with Crippen molar-refractivity contribution < 1.29 is 24.5 Å². The van der Waals surface area contributed by atoms with Crippen LogP contribution in [0.25, 0.3) is 0 Å². The van der Waals surface area contributed by atoms with Gasteiger partial charge >= 0.3 is 5.97 Å². The van der Waals surface area contributed by atoms with Crippen molar-refractivity contribution >= 4 is 11.9 Å². The molecule has 3 N–H and O–H groups in total. The first-order valence-corrected chi connectivity index (χ1v) is 25.7. The van der Waals surface area contributed by atoms with Crippen molar-refractivity contribution in [2.24, 2.45) is 0 Å². The van der Waals surface area contributed by atoms with Gasteiger partial charge in [0.05, 0.1) is 25.2 Å². The van der Waals surface area contributed by atoms with Crippen LogP contribution in [0.15, 0.2) is 109 Å². The molecule has 0 aliphatic heterocycles. The van der Waals surface area contributed by atoms with Crippen LogP contribution in [0.3, 0.4) is 0 Å². The summed E-state index contributed by atoms with van der Waals surface area (Å²) in [5, 5.41) is 23.7. The van der Waals surface area contributed by atoms with E-state index in [1.165, 1.54) is 83.5 Å². The van der Waals surface area contributed by atoms with Gasteiger partial charge in [-0.25, -0.2) is 0 Å². The summed E-state index contributed by atoms with van der Waals surface area (Å²) >= 11 is 0. The molecule has 0 rings (SSSR count). The Labute approximate surface area is 388 Å². The number of aliphatic hydroxyl groups excluding tert-OH is 2. The molecule has 3 atom stereocenters. The fourth-order valence-electron chi connectivity index (χ4n) is 7.17. The fraction of sp³-hybridized carbons (Fsp3) is 0.649. The molecule has 1 amide bonds. The smallest absolute Gasteiger partial charge is 0.306 e. The van der Waals surface area contributed by atoms with Gasteiger partial charge in [0.25, 0.3) is 0 Å².